The first-order valence-corrected chi connectivity index (χ1v) is 7.91. The van der Waals surface area contributed by atoms with Crippen molar-refractivity contribution in [2.24, 2.45) is 5.92 Å². The normalized spacial score (nSPS) is 28.4. The van der Waals surface area contributed by atoms with Crippen molar-refractivity contribution in [2.45, 2.75) is 51.7 Å². The molecule has 1 aliphatic carbocycles. The van der Waals surface area contributed by atoms with Gasteiger partial charge in [0.25, 0.3) is 0 Å². The molecule has 2 aliphatic rings. The Morgan fingerprint density at radius 2 is 2.15 bits per heavy atom. The van der Waals surface area contributed by atoms with Gasteiger partial charge in [-0.1, -0.05) is 0 Å². The van der Waals surface area contributed by atoms with E-state index >= 15 is 0 Å². The Balaban J connectivity index is 1.88. The minimum atomic E-state index is -0.434. The quantitative estimate of drug-likeness (QED) is 0.921. The second-order valence-electron chi connectivity index (χ2n) is 5.75. The number of aromatic nitrogens is 1. The predicted molar refractivity (Wildman–Crippen MR) is 76.2 cm³/mol. The van der Waals surface area contributed by atoms with E-state index in [2.05, 4.69) is 10.3 Å². The molecule has 0 radical (unpaired) electrons. The highest BCUT2D eigenvalue weighted by Gasteiger charge is 2.47. The molecule has 2 amide bonds. The number of aryl methyl sites for hydroxylation is 1. The van der Waals surface area contributed by atoms with E-state index in [9.17, 15) is 9.59 Å². The van der Waals surface area contributed by atoms with Crippen LogP contribution in [-0.2, 0) is 9.59 Å². The Morgan fingerprint density at radius 1 is 1.45 bits per heavy atom. The summed E-state index contributed by atoms with van der Waals surface area (Å²) in [6.07, 6.45) is 2.06. The van der Waals surface area contributed by atoms with Gasteiger partial charge in [0.2, 0.25) is 11.8 Å². The van der Waals surface area contributed by atoms with Gasteiger partial charge in [-0.05, 0) is 39.5 Å². The molecule has 1 saturated carbocycles. The van der Waals surface area contributed by atoms with Crippen LogP contribution in [0.15, 0.2) is 5.38 Å². The summed E-state index contributed by atoms with van der Waals surface area (Å²) in [5.74, 6) is 0.313. The fourth-order valence-electron chi connectivity index (χ4n) is 2.77. The van der Waals surface area contributed by atoms with Crippen molar-refractivity contribution >= 4 is 23.2 Å². The van der Waals surface area contributed by atoms with E-state index in [1.807, 2.05) is 19.2 Å². The second-order valence-corrected chi connectivity index (χ2v) is 6.64. The van der Waals surface area contributed by atoms with Crippen LogP contribution in [0.3, 0.4) is 0 Å². The molecule has 1 saturated heterocycles. The molecule has 0 spiro atoms. The van der Waals surface area contributed by atoms with Gasteiger partial charge < -0.3 is 10.2 Å². The van der Waals surface area contributed by atoms with Crippen LogP contribution in [0.4, 0.5) is 0 Å². The second kappa shape index (κ2) is 4.84. The Bertz CT molecular complexity index is 552. The average molecular weight is 293 g/mol. The Morgan fingerprint density at radius 3 is 2.70 bits per heavy atom. The van der Waals surface area contributed by atoms with E-state index in [-0.39, 0.29) is 23.9 Å². The van der Waals surface area contributed by atoms with Crippen molar-refractivity contribution in [2.75, 3.05) is 0 Å². The molecular formula is C14H19N3O2S. The van der Waals surface area contributed by atoms with E-state index in [1.54, 1.807) is 23.2 Å². The predicted octanol–water partition coefficient (Wildman–Crippen LogP) is 1.64. The van der Waals surface area contributed by atoms with Crippen molar-refractivity contribution in [3.63, 3.8) is 0 Å². The van der Waals surface area contributed by atoms with Crippen molar-refractivity contribution in [3.8, 4) is 0 Å². The van der Waals surface area contributed by atoms with Crippen LogP contribution >= 0.6 is 11.3 Å². The lowest BCUT2D eigenvalue weighted by atomic mass is 10.0. The molecule has 0 aromatic carbocycles. The number of nitrogens with zero attached hydrogens (tertiary/aromatic N) is 2. The smallest absolute Gasteiger partial charge is 0.246 e. The first kappa shape index (κ1) is 13.5. The Kier molecular flexibility index (Phi) is 3.28. The van der Waals surface area contributed by atoms with Gasteiger partial charge >= 0.3 is 0 Å². The summed E-state index contributed by atoms with van der Waals surface area (Å²) in [7, 11) is 0. The van der Waals surface area contributed by atoms with Crippen molar-refractivity contribution in [1.29, 1.82) is 0 Å². The SMILES string of the molecule is Cc1csc(C(C)N2C(=O)C(C3CC3)NC(=O)C2C)n1. The zero-order valence-electron chi connectivity index (χ0n) is 11.9. The highest BCUT2D eigenvalue weighted by Crippen LogP contribution is 2.37. The summed E-state index contributed by atoms with van der Waals surface area (Å²) >= 11 is 1.55. The van der Waals surface area contributed by atoms with Crippen molar-refractivity contribution < 1.29 is 9.59 Å². The Hall–Kier alpha value is -1.43. The van der Waals surface area contributed by atoms with Gasteiger partial charge in [-0.15, -0.1) is 11.3 Å². The van der Waals surface area contributed by atoms with Crippen LogP contribution in [-0.4, -0.2) is 33.8 Å². The molecule has 1 N–H and O–H groups in total. The third-order valence-corrected chi connectivity index (χ3v) is 5.25. The van der Waals surface area contributed by atoms with Gasteiger partial charge in [0.1, 0.15) is 17.1 Å². The van der Waals surface area contributed by atoms with E-state index in [0.29, 0.717) is 5.92 Å². The van der Waals surface area contributed by atoms with Crippen molar-refractivity contribution in [1.82, 2.24) is 15.2 Å². The van der Waals surface area contributed by atoms with Crippen LogP contribution in [0.2, 0.25) is 0 Å². The lowest BCUT2D eigenvalue weighted by molar-refractivity contribution is -0.151. The number of hydrogen-bond acceptors (Lipinski definition) is 4. The number of carbonyl (C=O) groups is 2. The van der Waals surface area contributed by atoms with Crippen LogP contribution in [0.5, 0.6) is 0 Å². The average Bonchev–Trinajstić information content (AvgIpc) is 3.15. The maximum atomic E-state index is 12.7. The van der Waals surface area contributed by atoms with Gasteiger partial charge in [-0.25, -0.2) is 4.98 Å². The fourth-order valence-corrected chi connectivity index (χ4v) is 3.62. The summed E-state index contributed by atoms with van der Waals surface area (Å²) in [5.41, 5.74) is 0.956. The lowest BCUT2D eigenvalue weighted by Gasteiger charge is -2.40. The standard InChI is InChI=1S/C14H19N3O2S/c1-7-6-20-13(15-7)9(3)17-8(2)12(18)16-11(14(17)19)10-4-5-10/h6,8-11H,4-5H2,1-3H3,(H,16,18). The number of amides is 2. The van der Waals surface area contributed by atoms with E-state index in [4.69, 9.17) is 0 Å². The summed E-state index contributed by atoms with van der Waals surface area (Å²) in [4.78, 5) is 31.0. The minimum absolute atomic E-state index is 0.0416. The highest BCUT2D eigenvalue weighted by molar-refractivity contribution is 7.09. The zero-order valence-corrected chi connectivity index (χ0v) is 12.7. The molecular weight excluding hydrogens is 274 g/mol. The van der Waals surface area contributed by atoms with E-state index in [1.165, 1.54) is 0 Å². The molecule has 6 heteroatoms. The van der Waals surface area contributed by atoms with Crippen LogP contribution < -0.4 is 5.32 Å². The molecule has 108 valence electrons. The maximum absolute atomic E-state index is 12.7. The monoisotopic (exact) mass is 293 g/mol. The largest absolute Gasteiger partial charge is 0.342 e. The molecule has 20 heavy (non-hydrogen) atoms. The summed E-state index contributed by atoms with van der Waals surface area (Å²) in [5, 5.41) is 5.74. The number of carbonyl (C=O) groups excluding carboxylic acids is 2. The van der Waals surface area contributed by atoms with Crippen LogP contribution in [0, 0.1) is 12.8 Å². The van der Waals surface area contributed by atoms with E-state index in [0.717, 1.165) is 23.5 Å². The van der Waals surface area contributed by atoms with Crippen LogP contribution in [0.1, 0.15) is 43.4 Å². The molecule has 3 rings (SSSR count). The molecule has 3 atom stereocenters. The number of piperazine rings is 1. The highest BCUT2D eigenvalue weighted by atomic mass is 32.1. The van der Waals surface area contributed by atoms with Gasteiger partial charge in [0.15, 0.2) is 0 Å². The number of hydrogen-bond donors (Lipinski definition) is 1. The molecule has 1 aromatic heterocycles. The van der Waals surface area contributed by atoms with Gasteiger partial charge in [0, 0.05) is 11.1 Å². The molecule has 0 bridgehead atoms. The molecule has 1 aliphatic heterocycles. The lowest BCUT2D eigenvalue weighted by Crippen LogP contribution is -2.63. The minimum Gasteiger partial charge on any atom is -0.342 e. The molecule has 1 aromatic rings. The zero-order chi connectivity index (χ0) is 14.4. The van der Waals surface area contributed by atoms with Gasteiger partial charge in [-0.3, -0.25) is 9.59 Å². The summed E-state index contributed by atoms with van der Waals surface area (Å²) in [6, 6.07) is -0.914. The number of nitrogens with one attached hydrogen (secondary N) is 1. The molecule has 5 nitrogen and oxygen atoms in total. The fraction of sp³-hybridized carbons (Fsp3) is 0.643. The van der Waals surface area contributed by atoms with Crippen molar-refractivity contribution in [3.05, 3.63) is 16.1 Å². The molecule has 2 heterocycles. The summed E-state index contributed by atoms with van der Waals surface area (Å²) < 4.78 is 0. The molecule has 3 unspecified atom stereocenters. The van der Waals surface area contributed by atoms with E-state index < -0.39 is 6.04 Å². The third-order valence-electron chi connectivity index (χ3n) is 4.12. The maximum Gasteiger partial charge on any atom is 0.246 e. The van der Waals surface area contributed by atoms with Crippen LogP contribution in [0.25, 0.3) is 0 Å². The number of thiazole rings is 1. The Labute approximate surface area is 122 Å². The topological polar surface area (TPSA) is 62.3 Å². The first-order chi connectivity index (χ1) is 9.49. The van der Waals surface area contributed by atoms with Gasteiger partial charge in [-0.2, -0.15) is 0 Å². The van der Waals surface area contributed by atoms with Gasteiger partial charge in [0.05, 0.1) is 6.04 Å². The summed E-state index contributed by atoms with van der Waals surface area (Å²) in [6.45, 7) is 5.68. The first-order valence-electron chi connectivity index (χ1n) is 7.03. The molecule has 2 fully saturated rings. The third kappa shape index (κ3) is 2.22. The number of rotatable bonds is 3.